The Morgan fingerprint density at radius 3 is 2.44 bits per heavy atom. The van der Waals surface area contributed by atoms with Crippen molar-refractivity contribution < 1.29 is 44.1 Å². The van der Waals surface area contributed by atoms with Gasteiger partial charge in [-0.3, -0.25) is 0 Å². The maximum Gasteiger partial charge on any atom is 1.00 e. The maximum absolute atomic E-state index is 11.3. The first kappa shape index (κ1) is 15.3. The molecule has 0 aromatic heterocycles. The number of carbonyl (C=O) groups is 1. The summed E-state index contributed by atoms with van der Waals surface area (Å²) in [4.78, 5) is 12.7. The molecule has 0 aromatic carbocycles. The van der Waals surface area contributed by atoms with Gasteiger partial charge in [-0.1, -0.05) is 0 Å². The standard InChI is InChI=1S/C7H14N4O4.Na/c1-2-15-7(12)9-3-5-10(6-4-9)11(14)8-13;/h13H,2-6H2,1H3;/q;+1/p-1. The van der Waals surface area contributed by atoms with Crippen LogP contribution in [0.1, 0.15) is 6.92 Å². The van der Waals surface area contributed by atoms with Gasteiger partial charge in [0.1, 0.15) is 0 Å². The van der Waals surface area contributed by atoms with Crippen molar-refractivity contribution in [3.05, 3.63) is 10.4 Å². The topological polar surface area (TPSA) is 94.3 Å². The summed E-state index contributed by atoms with van der Waals surface area (Å²) in [7, 11) is 0. The molecule has 0 saturated carbocycles. The molecular weight excluding hydrogens is 227 g/mol. The summed E-state index contributed by atoms with van der Waals surface area (Å²) in [6.45, 7) is 3.33. The van der Waals surface area contributed by atoms with Gasteiger partial charge in [0.05, 0.1) is 19.7 Å². The Bertz CT molecular complexity index is 255. The first-order valence-electron chi connectivity index (χ1n) is 4.66. The molecular formula is C7H13N4NaO4. The Balaban J connectivity index is 0.00000225. The monoisotopic (exact) mass is 240 g/mol. The minimum atomic E-state index is -0.395. The zero-order valence-corrected chi connectivity index (χ0v) is 11.5. The molecule has 0 N–H and O–H groups in total. The van der Waals surface area contributed by atoms with Gasteiger partial charge in [-0.15, -0.1) is 5.01 Å². The Kier molecular flexibility index (Phi) is 7.18. The van der Waals surface area contributed by atoms with Crippen LogP contribution >= 0.6 is 0 Å². The van der Waals surface area contributed by atoms with Crippen LogP contribution in [0.3, 0.4) is 0 Å². The van der Waals surface area contributed by atoms with Crippen molar-refractivity contribution in [2.75, 3.05) is 32.8 Å². The summed E-state index contributed by atoms with van der Waals surface area (Å²) in [5.41, 5.74) is 0. The molecule has 0 atom stereocenters. The van der Waals surface area contributed by atoms with Crippen LogP contribution in [-0.4, -0.2) is 53.8 Å². The van der Waals surface area contributed by atoms with Gasteiger partial charge in [-0.25, -0.2) is 4.79 Å². The molecule has 1 rings (SSSR count). The van der Waals surface area contributed by atoms with Gasteiger partial charge >= 0.3 is 35.7 Å². The molecule has 9 heteroatoms. The fraction of sp³-hybridized carbons (Fsp3) is 0.857. The minimum absolute atomic E-state index is 0. The average Bonchev–Trinajstić information content (AvgIpc) is 2.28. The van der Waals surface area contributed by atoms with Crippen molar-refractivity contribution in [1.29, 1.82) is 0 Å². The summed E-state index contributed by atoms with van der Waals surface area (Å²) in [5.74, 6) is 0. The molecule has 0 aliphatic carbocycles. The van der Waals surface area contributed by atoms with Gasteiger partial charge in [0.25, 0.3) is 0 Å². The molecule has 1 saturated heterocycles. The average molecular weight is 240 g/mol. The zero-order chi connectivity index (χ0) is 11.3. The summed E-state index contributed by atoms with van der Waals surface area (Å²) < 4.78 is 4.79. The molecule has 0 radical (unpaired) electrons. The zero-order valence-electron chi connectivity index (χ0n) is 9.46. The Labute approximate surface area is 115 Å². The van der Waals surface area contributed by atoms with Crippen LogP contribution in [0.4, 0.5) is 4.79 Å². The molecule has 8 nitrogen and oxygen atoms in total. The van der Waals surface area contributed by atoms with Crippen LogP contribution in [0.2, 0.25) is 0 Å². The maximum atomic E-state index is 11.3. The number of carbonyl (C=O) groups excluding carboxylic acids is 1. The van der Waals surface area contributed by atoms with Crippen LogP contribution in [0.25, 0.3) is 0 Å². The largest absolute Gasteiger partial charge is 1.00 e. The van der Waals surface area contributed by atoms with E-state index in [1.54, 1.807) is 6.92 Å². The SMILES string of the molecule is CCOC(=O)N1CCN([N+]([O-])=N[O-])CC1.[Na+]. The van der Waals surface area contributed by atoms with Crippen LogP contribution in [0.15, 0.2) is 5.28 Å². The molecule has 0 unspecified atom stereocenters. The molecule has 0 aromatic rings. The van der Waals surface area contributed by atoms with Gasteiger partial charge in [-0.2, -0.15) is 0 Å². The number of hydrogen-bond donors (Lipinski definition) is 0. The van der Waals surface area contributed by atoms with Crippen molar-refractivity contribution in [2.24, 2.45) is 5.28 Å². The van der Waals surface area contributed by atoms with E-state index in [-0.39, 0.29) is 47.6 Å². The van der Waals surface area contributed by atoms with Crippen LogP contribution < -0.4 is 29.6 Å². The number of rotatable bonds is 2. The number of nitrogens with zero attached hydrogens (tertiary/aromatic N) is 4. The molecule has 1 amide bonds. The number of piperazine rings is 1. The molecule has 0 bridgehead atoms. The van der Waals surface area contributed by atoms with Crippen molar-refractivity contribution >= 4 is 6.09 Å². The fourth-order valence-electron chi connectivity index (χ4n) is 1.32. The van der Waals surface area contributed by atoms with Crippen molar-refractivity contribution in [3.63, 3.8) is 0 Å². The van der Waals surface area contributed by atoms with Gasteiger partial charge < -0.3 is 20.1 Å². The number of amides is 1. The van der Waals surface area contributed by atoms with E-state index in [4.69, 9.17) is 4.74 Å². The Hall–Kier alpha value is -0.730. The van der Waals surface area contributed by atoms with Crippen LogP contribution in [0, 0.1) is 10.4 Å². The van der Waals surface area contributed by atoms with Crippen LogP contribution in [-0.2, 0) is 4.74 Å². The van der Waals surface area contributed by atoms with Gasteiger partial charge in [-0.05, 0) is 12.2 Å². The normalized spacial score (nSPS) is 16.7. The van der Waals surface area contributed by atoms with E-state index < -0.39 is 6.09 Å². The molecule has 1 aliphatic heterocycles. The second kappa shape index (κ2) is 7.53. The first-order chi connectivity index (χ1) is 7.19. The third-order valence-electron chi connectivity index (χ3n) is 2.09. The number of hydrazine groups is 1. The molecule has 86 valence electrons. The smallest absolute Gasteiger partial charge is 0.737 e. The van der Waals surface area contributed by atoms with E-state index in [1.165, 1.54) is 9.91 Å². The molecule has 16 heavy (non-hydrogen) atoms. The van der Waals surface area contributed by atoms with E-state index >= 15 is 0 Å². The molecule has 1 fully saturated rings. The summed E-state index contributed by atoms with van der Waals surface area (Å²) in [6, 6.07) is 0. The summed E-state index contributed by atoms with van der Waals surface area (Å²) >= 11 is 0. The number of hydrogen-bond acceptors (Lipinski definition) is 5. The summed E-state index contributed by atoms with van der Waals surface area (Å²) in [6.07, 6.45) is -0.395. The van der Waals surface area contributed by atoms with E-state index in [1.807, 2.05) is 0 Å². The minimum Gasteiger partial charge on any atom is -0.737 e. The Morgan fingerprint density at radius 1 is 1.44 bits per heavy atom. The molecule has 1 aliphatic rings. The predicted octanol–water partition coefficient (Wildman–Crippen LogP) is -2.86. The van der Waals surface area contributed by atoms with E-state index in [2.05, 4.69) is 5.28 Å². The van der Waals surface area contributed by atoms with Gasteiger partial charge in [0, 0.05) is 18.1 Å². The summed E-state index contributed by atoms with van der Waals surface area (Å²) in [5, 5.41) is 24.2. The second-order valence-corrected chi connectivity index (χ2v) is 2.97. The second-order valence-electron chi connectivity index (χ2n) is 2.97. The van der Waals surface area contributed by atoms with Crippen molar-refractivity contribution in [3.8, 4) is 0 Å². The van der Waals surface area contributed by atoms with Gasteiger partial charge in [0.2, 0.25) is 0 Å². The number of ether oxygens (including phenoxy) is 1. The van der Waals surface area contributed by atoms with Gasteiger partial charge in [0.15, 0.2) is 0 Å². The third kappa shape index (κ3) is 4.03. The van der Waals surface area contributed by atoms with Crippen molar-refractivity contribution in [2.45, 2.75) is 6.92 Å². The van der Waals surface area contributed by atoms with Crippen LogP contribution in [0.5, 0.6) is 0 Å². The first-order valence-corrected chi connectivity index (χ1v) is 4.66. The predicted molar refractivity (Wildman–Crippen MR) is 49.6 cm³/mol. The fourth-order valence-corrected chi connectivity index (χ4v) is 1.32. The molecule has 1 heterocycles. The third-order valence-corrected chi connectivity index (χ3v) is 2.09. The van der Waals surface area contributed by atoms with E-state index in [0.29, 0.717) is 19.7 Å². The molecule has 0 spiro atoms. The van der Waals surface area contributed by atoms with Crippen molar-refractivity contribution in [1.82, 2.24) is 9.91 Å². The quantitative estimate of drug-likeness (QED) is 0.224. The van der Waals surface area contributed by atoms with E-state index in [0.717, 1.165) is 0 Å². The van der Waals surface area contributed by atoms with E-state index in [9.17, 15) is 15.2 Å². The Morgan fingerprint density at radius 2 is 2.00 bits per heavy atom.